The van der Waals surface area contributed by atoms with Crippen LogP contribution in [0.2, 0.25) is 0 Å². The summed E-state index contributed by atoms with van der Waals surface area (Å²) in [7, 11) is 0. The fourth-order valence-electron chi connectivity index (χ4n) is 2.48. The van der Waals surface area contributed by atoms with E-state index in [0.717, 1.165) is 18.2 Å². The van der Waals surface area contributed by atoms with E-state index in [9.17, 15) is 0 Å². The molecule has 100 valence electrons. The zero-order valence-corrected chi connectivity index (χ0v) is 12.2. The molecule has 1 saturated heterocycles. The Morgan fingerprint density at radius 2 is 2.06 bits per heavy atom. The lowest BCUT2D eigenvalue weighted by molar-refractivity contribution is 0.206. The molecule has 2 nitrogen and oxygen atoms in total. The van der Waals surface area contributed by atoms with Gasteiger partial charge in [-0.1, -0.05) is 37.3 Å². The number of benzene rings is 1. The lowest BCUT2D eigenvalue weighted by Gasteiger charge is -2.38. The molecular formula is C15H24N2S. The van der Waals surface area contributed by atoms with Gasteiger partial charge in [-0.2, -0.15) is 11.8 Å². The van der Waals surface area contributed by atoms with Crippen molar-refractivity contribution in [2.75, 3.05) is 18.8 Å². The van der Waals surface area contributed by atoms with Crippen LogP contribution in [0.1, 0.15) is 31.9 Å². The Labute approximate surface area is 115 Å². The van der Waals surface area contributed by atoms with Gasteiger partial charge >= 0.3 is 0 Å². The van der Waals surface area contributed by atoms with Gasteiger partial charge in [-0.25, -0.2) is 0 Å². The van der Waals surface area contributed by atoms with Gasteiger partial charge in [0.2, 0.25) is 0 Å². The molecule has 0 bridgehead atoms. The van der Waals surface area contributed by atoms with Crippen molar-refractivity contribution in [1.29, 1.82) is 0 Å². The Morgan fingerprint density at radius 1 is 1.33 bits per heavy atom. The summed E-state index contributed by atoms with van der Waals surface area (Å²) in [5, 5.41) is 0.742. The maximum atomic E-state index is 6.26. The molecule has 1 aliphatic rings. The number of nitrogens with zero attached hydrogens (tertiary/aromatic N) is 1. The van der Waals surface area contributed by atoms with Crippen LogP contribution < -0.4 is 5.73 Å². The number of hydrogen-bond acceptors (Lipinski definition) is 3. The quantitative estimate of drug-likeness (QED) is 0.906. The molecule has 0 saturated carbocycles. The minimum absolute atomic E-state index is 0.170. The Bertz CT molecular complexity index is 355. The summed E-state index contributed by atoms with van der Waals surface area (Å²) in [6, 6.07) is 11.3. The third kappa shape index (κ3) is 3.50. The van der Waals surface area contributed by atoms with Crippen molar-refractivity contribution in [3.8, 4) is 0 Å². The van der Waals surface area contributed by atoms with Crippen molar-refractivity contribution in [2.45, 2.75) is 37.6 Å². The first-order valence-corrected chi connectivity index (χ1v) is 7.89. The predicted molar refractivity (Wildman–Crippen MR) is 80.9 cm³/mol. The molecule has 18 heavy (non-hydrogen) atoms. The second-order valence-electron chi connectivity index (χ2n) is 5.16. The first-order chi connectivity index (χ1) is 8.68. The van der Waals surface area contributed by atoms with E-state index in [1.807, 2.05) is 6.07 Å². The molecule has 2 rings (SSSR count). The topological polar surface area (TPSA) is 29.3 Å². The van der Waals surface area contributed by atoms with Gasteiger partial charge in [-0.3, -0.25) is 4.90 Å². The molecule has 1 aromatic rings. The molecule has 3 unspecified atom stereocenters. The van der Waals surface area contributed by atoms with E-state index in [1.165, 1.54) is 17.9 Å². The van der Waals surface area contributed by atoms with Crippen molar-refractivity contribution >= 4 is 11.8 Å². The smallest absolute Gasteiger partial charge is 0.0307 e. The minimum atomic E-state index is 0.170. The number of rotatable bonds is 4. The van der Waals surface area contributed by atoms with Crippen molar-refractivity contribution in [3.05, 3.63) is 35.9 Å². The molecule has 0 radical (unpaired) electrons. The van der Waals surface area contributed by atoms with E-state index in [1.54, 1.807) is 0 Å². The monoisotopic (exact) mass is 264 g/mol. The van der Waals surface area contributed by atoms with Gasteiger partial charge in [0.25, 0.3) is 0 Å². The van der Waals surface area contributed by atoms with Crippen LogP contribution in [0, 0.1) is 0 Å². The zero-order chi connectivity index (χ0) is 13.0. The second kappa shape index (κ2) is 6.60. The highest BCUT2D eigenvalue weighted by Gasteiger charge is 2.25. The Balaban J connectivity index is 1.84. The van der Waals surface area contributed by atoms with Crippen LogP contribution >= 0.6 is 11.8 Å². The standard InChI is InChI=1S/C15H24N2S/c1-12-13(2)18-11-10-17(12)9-8-15(16)14-6-4-3-5-7-14/h3-7,12-13,15H,8-11,16H2,1-2H3. The first kappa shape index (κ1) is 13.9. The van der Waals surface area contributed by atoms with Crippen LogP contribution in [0.4, 0.5) is 0 Å². The average molecular weight is 264 g/mol. The SMILES string of the molecule is CC1SCCN(CCC(N)c2ccccc2)C1C. The van der Waals surface area contributed by atoms with E-state index in [0.29, 0.717) is 6.04 Å². The van der Waals surface area contributed by atoms with Crippen LogP contribution in [0.5, 0.6) is 0 Å². The molecule has 0 aliphatic carbocycles. The Hall–Kier alpha value is -0.510. The van der Waals surface area contributed by atoms with Crippen molar-refractivity contribution in [2.24, 2.45) is 5.73 Å². The van der Waals surface area contributed by atoms with Gasteiger partial charge in [-0.05, 0) is 18.9 Å². The molecule has 3 atom stereocenters. The van der Waals surface area contributed by atoms with Gasteiger partial charge < -0.3 is 5.73 Å². The largest absolute Gasteiger partial charge is 0.324 e. The lowest BCUT2D eigenvalue weighted by atomic mass is 10.0. The van der Waals surface area contributed by atoms with Crippen molar-refractivity contribution in [1.82, 2.24) is 4.90 Å². The van der Waals surface area contributed by atoms with Gasteiger partial charge in [0.15, 0.2) is 0 Å². The summed E-state index contributed by atoms with van der Waals surface area (Å²) in [5.41, 5.74) is 7.51. The van der Waals surface area contributed by atoms with E-state index < -0.39 is 0 Å². The Kier molecular flexibility index (Phi) is 5.10. The fraction of sp³-hybridized carbons (Fsp3) is 0.600. The van der Waals surface area contributed by atoms with Gasteiger partial charge in [-0.15, -0.1) is 0 Å². The Morgan fingerprint density at radius 3 is 2.78 bits per heavy atom. The summed E-state index contributed by atoms with van der Waals surface area (Å²) in [6.45, 7) is 6.99. The van der Waals surface area contributed by atoms with Crippen LogP contribution in [0.25, 0.3) is 0 Å². The first-order valence-electron chi connectivity index (χ1n) is 6.84. The molecule has 0 amide bonds. The molecule has 2 N–H and O–H groups in total. The summed E-state index contributed by atoms with van der Waals surface area (Å²) in [6.07, 6.45) is 1.05. The molecule has 1 aliphatic heterocycles. The highest BCUT2D eigenvalue weighted by Crippen LogP contribution is 2.25. The van der Waals surface area contributed by atoms with Gasteiger partial charge in [0.05, 0.1) is 0 Å². The van der Waals surface area contributed by atoms with Crippen molar-refractivity contribution in [3.63, 3.8) is 0 Å². The third-order valence-corrected chi connectivity index (χ3v) is 5.31. The molecule has 3 heteroatoms. The van der Waals surface area contributed by atoms with E-state index >= 15 is 0 Å². The highest BCUT2D eigenvalue weighted by atomic mass is 32.2. The van der Waals surface area contributed by atoms with E-state index in [2.05, 4.69) is 54.8 Å². The maximum Gasteiger partial charge on any atom is 0.0307 e. The average Bonchev–Trinajstić information content (AvgIpc) is 2.41. The van der Waals surface area contributed by atoms with Crippen LogP contribution in [-0.4, -0.2) is 35.0 Å². The molecule has 1 heterocycles. The van der Waals surface area contributed by atoms with Crippen LogP contribution in [0.3, 0.4) is 0 Å². The third-order valence-electron chi connectivity index (χ3n) is 3.97. The minimum Gasteiger partial charge on any atom is -0.324 e. The summed E-state index contributed by atoms with van der Waals surface area (Å²) in [4.78, 5) is 2.59. The summed E-state index contributed by atoms with van der Waals surface area (Å²) in [5.74, 6) is 1.26. The van der Waals surface area contributed by atoms with Crippen LogP contribution in [-0.2, 0) is 0 Å². The van der Waals surface area contributed by atoms with Gasteiger partial charge in [0, 0.05) is 36.2 Å². The van der Waals surface area contributed by atoms with E-state index in [4.69, 9.17) is 5.73 Å². The number of hydrogen-bond donors (Lipinski definition) is 1. The second-order valence-corrected chi connectivity index (χ2v) is 6.64. The molecule has 0 aromatic heterocycles. The number of nitrogens with two attached hydrogens (primary N) is 1. The normalized spacial score (nSPS) is 27.1. The zero-order valence-electron chi connectivity index (χ0n) is 11.4. The lowest BCUT2D eigenvalue weighted by Crippen LogP contribution is -2.45. The van der Waals surface area contributed by atoms with Crippen LogP contribution in [0.15, 0.2) is 30.3 Å². The molecule has 1 fully saturated rings. The highest BCUT2D eigenvalue weighted by molar-refractivity contribution is 8.00. The fourth-order valence-corrected chi connectivity index (χ4v) is 3.65. The van der Waals surface area contributed by atoms with Crippen molar-refractivity contribution < 1.29 is 0 Å². The molecule has 0 spiro atoms. The van der Waals surface area contributed by atoms with E-state index in [-0.39, 0.29) is 6.04 Å². The predicted octanol–water partition coefficient (Wildman–Crippen LogP) is 2.90. The summed E-state index contributed by atoms with van der Waals surface area (Å²) >= 11 is 2.09. The summed E-state index contributed by atoms with van der Waals surface area (Å²) < 4.78 is 0. The van der Waals surface area contributed by atoms with Gasteiger partial charge in [0.1, 0.15) is 0 Å². The maximum absolute atomic E-state index is 6.26. The molecular weight excluding hydrogens is 240 g/mol. The number of thioether (sulfide) groups is 1. The molecule has 1 aromatic carbocycles.